The number of hydrogen-bond donors (Lipinski definition) is 1. The molecule has 0 saturated carbocycles. The molecule has 33 heavy (non-hydrogen) atoms. The fourth-order valence-corrected chi connectivity index (χ4v) is 2.88. The summed E-state index contributed by atoms with van der Waals surface area (Å²) in [5.74, 6) is -1.13. The highest BCUT2D eigenvalue weighted by Gasteiger charge is 2.37. The van der Waals surface area contributed by atoms with E-state index in [9.17, 15) is 35.9 Å². The first-order chi connectivity index (χ1) is 15.2. The molecular weight excluding hydrogens is 460 g/mol. The van der Waals surface area contributed by atoms with Crippen LogP contribution in [0.1, 0.15) is 22.4 Å². The summed E-state index contributed by atoms with van der Waals surface area (Å²) in [6.45, 7) is 2.58. The Kier molecular flexibility index (Phi) is 6.00. The van der Waals surface area contributed by atoms with Gasteiger partial charge < -0.3 is 5.32 Å². The number of nitrogens with one attached hydrogen (secondary N) is 1. The third-order valence-corrected chi connectivity index (χ3v) is 4.56. The molecule has 1 N–H and O–H groups in total. The summed E-state index contributed by atoms with van der Waals surface area (Å²) in [5.41, 5.74) is -3.30. The lowest BCUT2D eigenvalue weighted by Gasteiger charge is -2.14. The van der Waals surface area contributed by atoms with Crippen LogP contribution in [0.15, 0.2) is 23.0 Å². The first kappa shape index (κ1) is 23.9. The van der Waals surface area contributed by atoms with Gasteiger partial charge in [0.15, 0.2) is 0 Å². The zero-order valence-electron chi connectivity index (χ0n) is 17.2. The van der Waals surface area contributed by atoms with E-state index in [1.54, 1.807) is 13.8 Å². The number of rotatable bonds is 4. The minimum absolute atomic E-state index is 0.0551. The van der Waals surface area contributed by atoms with Gasteiger partial charge in [-0.05, 0) is 42.8 Å². The molecule has 0 aliphatic rings. The van der Waals surface area contributed by atoms with Crippen LogP contribution in [0.2, 0.25) is 0 Å². The van der Waals surface area contributed by atoms with Gasteiger partial charge in [0.1, 0.15) is 6.54 Å². The van der Waals surface area contributed by atoms with Crippen LogP contribution in [-0.4, -0.2) is 35.9 Å². The molecule has 3 aromatic rings. The fourth-order valence-electron chi connectivity index (χ4n) is 2.88. The Labute approximate surface area is 181 Å². The topological polar surface area (TPSA) is 108 Å². The number of amides is 1. The number of aryl methyl sites for hydroxylation is 2. The molecular formula is C18H15F6N7O2. The molecule has 3 rings (SSSR count). The van der Waals surface area contributed by atoms with Crippen molar-refractivity contribution in [3.8, 4) is 11.4 Å². The Bertz CT molecular complexity index is 1240. The van der Waals surface area contributed by atoms with E-state index in [-0.39, 0.29) is 17.5 Å². The molecule has 0 radical (unpaired) electrons. The monoisotopic (exact) mass is 475 g/mol. The summed E-state index contributed by atoms with van der Waals surface area (Å²) in [6.07, 6.45) is -10.1. The number of aromatic nitrogens is 6. The highest BCUT2D eigenvalue weighted by Crippen LogP contribution is 2.37. The normalized spacial score (nSPS) is 12.2. The predicted octanol–water partition coefficient (Wildman–Crippen LogP) is 2.73. The molecule has 2 heterocycles. The van der Waals surface area contributed by atoms with Crippen LogP contribution in [0.25, 0.3) is 11.4 Å². The van der Waals surface area contributed by atoms with Gasteiger partial charge in [0, 0.05) is 12.7 Å². The van der Waals surface area contributed by atoms with Crippen LogP contribution in [0, 0.1) is 13.8 Å². The van der Waals surface area contributed by atoms with Crippen molar-refractivity contribution >= 4 is 11.6 Å². The Morgan fingerprint density at radius 3 is 2.12 bits per heavy atom. The van der Waals surface area contributed by atoms with Crippen LogP contribution in [0.4, 0.5) is 32.0 Å². The van der Waals surface area contributed by atoms with E-state index in [0.717, 1.165) is 9.48 Å². The molecule has 0 bridgehead atoms. The second-order valence-electron chi connectivity index (χ2n) is 7.00. The summed E-state index contributed by atoms with van der Waals surface area (Å²) in [4.78, 5) is 25.3. The molecule has 0 aliphatic carbocycles. The summed E-state index contributed by atoms with van der Waals surface area (Å²) in [5, 5.41) is 17.2. The second-order valence-corrected chi connectivity index (χ2v) is 7.00. The minimum Gasteiger partial charge on any atom is -0.324 e. The smallest absolute Gasteiger partial charge is 0.324 e. The van der Waals surface area contributed by atoms with Crippen LogP contribution < -0.4 is 10.9 Å². The SMILES string of the molecule is Cc1nn(C)c(=O)c(-c2nnn(CC(=O)Nc3cc(C(F)(F)F)cc(C(F)(F)F)c3)n2)c1C. The molecule has 9 nitrogen and oxygen atoms in total. The highest BCUT2D eigenvalue weighted by atomic mass is 19.4. The molecule has 15 heteroatoms. The van der Waals surface area contributed by atoms with Gasteiger partial charge in [0.05, 0.1) is 22.4 Å². The maximum Gasteiger partial charge on any atom is 0.416 e. The summed E-state index contributed by atoms with van der Waals surface area (Å²) < 4.78 is 78.8. The lowest BCUT2D eigenvalue weighted by molar-refractivity contribution is -0.143. The summed E-state index contributed by atoms with van der Waals surface area (Å²) in [7, 11) is 1.42. The Balaban J connectivity index is 1.85. The van der Waals surface area contributed by atoms with Gasteiger partial charge in [0.2, 0.25) is 11.7 Å². The molecule has 0 spiro atoms. The largest absolute Gasteiger partial charge is 0.416 e. The van der Waals surface area contributed by atoms with Crippen molar-refractivity contribution in [1.29, 1.82) is 0 Å². The molecule has 0 unspecified atom stereocenters. The van der Waals surface area contributed by atoms with Crippen molar-refractivity contribution < 1.29 is 31.1 Å². The molecule has 0 aliphatic heterocycles. The lowest BCUT2D eigenvalue weighted by atomic mass is 10.1. The van der Waals surface area contributed by atoms with E-state index < -0.39 is 47.2 Å². The Morgan fingerprint density at radius 1 is 1.00 bits per heavy atom. The second kappa shape index (κ2) is 8.29. The van der Waals surface area contributed by atoms with Gasteiger partial charge in [-0.2, -0.15) is 36.2 Å². The quantitative estimate of drug-likeness (QED) is 0.582. The van der Waals surface area contributed by atoms with Gasteiger partial charge in [-0.25, -0.2) is 4.68 Å². The maximum atomic E-state index is 13.0. The first-order valence-corrected chi connectivity index (χ1v) is 9.09. The zero-order chi connectivity index (χ0) is 24.7. The van der Waals surface area contributed by atoms with Crippen molar-refractivity contribution in [3.63, 3.8) is 0 Å². The van der Waals surface area contributed by atoms with Gasteiger partial charge in [-0.3, -0.25) is 9.59 Å². The average Bonchev–Trinajstić information content (AvgIpc) is 3.12. The number of hydrogen-bond acceptors (Lipinski definition) is 6. The number of nitrogens with zero attached hydrogens (tertiary/aromatic N) is 6. The van der Waals surface area contributed by atoms with E-state index in [1.165, 1.54) is 7.05 Å². The van der Waals surface area contributed by atoms with E-state index >= 15 is 0 Å². The van der Waals surface area contributed by atoms with Gasteiger partial charge in [-0.15, -0.1) is 10.2 Å². The fraction of sp³-hybridized carbons (Fsp3) is 0.333. The van der Waals surface area contributed by atoms with Crippen LogP contribution in [-0.2, 0) is 30.7 Å². The van der Waals surface area contributed by atoms with Crippen LogP contribution in [0.5, 0.6) is 0 Å². The van der Waals surface area contributed by atoms with Crippen LogP contribution >= 0.6 is 0 Å². The molecule has 2 aromatic heterocycles. The Hall–Kier alpha value is -3.78. The van der Waals surface area contributed by atoms with Gasteiger partial charge >= 0.3 is 12.4 Å². The van der Waals surface area contributed by atoms with Gasteiger partial charge in [0.25, 0.3) is 5.56 Å². The molecule has 1 aromatic carbocycles. The summed E-state index contributed by atoms with van der Waals surface area (Å²) >= 11 is 0. The molecule has 0 fully saturated rings. The van der Waals surface area contributed by atoms with Crippen molar-refractivity contribution in [2.45, 2.75) is 32.7 Å². The Morgan fingerprint density at radius 2 is 1.58 bits per heavy atom. The van der Waals surface area contributed by atoms with E-state index in [1.807, 2.05) is 5.32 Å². The molecule has 0 atom stereocenters. The number of anilines is 1. The minimum atomic E-state index is -5.06. The maximum absolute atomic E-state index is 13.0. The number of alkyl halides is 6. The highest BCUT2D eigenvalue weighted by molar-refractivity contribution is 5.90. The van der Waals surface area contributed by atoms with Crippen molar-refractivity contribution in [2.24, 2.45) is 7.05 Å². The van der Waals surface area contributed by atoms with Gasteiger partial charge in [-0.1, -0.05) is 0 Å². The number of halogens is 6. The number of carbonyl (C=O) groups excluding carboxylic acids is 1. The number of tetrazole rings is 1. The standard InChI is InChI=1S/C18H15F6N7O2/c1-8-9(2)27-30(3)16(33)14(8)15-26-29-31(28-15)7-13(32)25-12-5-10(17(19,20)21)4-11(6-12)18(22,23)24/h4-6H,7H2,1-3H3,(H,25,32). The number of benzene rings is 1. The van der Waals surface area contributed by atoms with Crippen LogP contribution in [0.3, 0.4) is 0 Å². The lowest BCUT2D eigenvalue weighted by Crippen LogP contribution is -2.24. The van der Waals surface area contributed by atoms with E-state index in [4.69, 9.17) is 0 Å². The van der Waals surface area contributed by atoms with Crippen molar-refractivity contribution in [3.05, 3.63) is 50.9 Å². The zero-order valence-corrected chi connectivity index (χ0v) is 17.2. The van der Waals surface area contributed by atoms with E-state index in [2.05, 4.69) is 20.5 Å². The molecule has 1 amide bonds. The van der Waals surface area contributed by atoms with Crippen molar-refractivity contribution in [1.82, 2.24) is 30.0 Å². The van der Waals surface area contributed by atoms with Crippen molar-refractivity contribution in [2.75, 3.05) is 5.32 Å². The summed E-state index contributed by atoms with van der Waals surface area (Å²) in [6, 6.07) is 0.695. The van der Waals surface area contributed by atoms with E-state index in [0.29, 0.717) is 23.4 Å². The molecule has 0 saturated heterocycles. The average molecular weight is 475 g/mol. The third kappa shape index (κ3) is 5.18. The molecule has 176 valence electrons. The first-order valence-electron chi connectivity index (χ1n) is 9.09. The number of carbonyl (C=O) groups is 1. The third-order valence-electron chi connectivity index (χ3n) is 4.56. The predicted molar refractivity (Wildman–Crippen MR) is 101 cm³/mol.